The van der Waals surface area contributed by atoms with Crippen LogP contribution in [0.4, 0.5) is 10.5 Å². The number of aryl methyl sites for hydroxylation is 1. The van der Waals surface area contributed by atoms with Gasteiger partial charge in [0.2, 0.25) is 5.89 Å². The van der Waals surface area contributed by atoms with E-state index >= 15 is 0 Å². The lowest BCUT2D eigenvalue weighted by atomic mass is 10.1. The molecule has 0 bridgehead atoms. The van der Waals surface area contributed by atoms with Gasteiger partial charge in [-0.05, 0) is 24.6 Å². The zero-order valence-corrected chi connectivity index (χ0v) is 10.5. The molecule has 0 aliphatic heterocycles. The molecule has 0 aliphatic carbocycles. The molecule has 0 spiro atoms. The lowest BCUT2D eigenvalue weighted by Gasteiger charge is -2.10. The zero-order valence-electron chi connectivity index (χ0n) is 10.5. The number of amides is 2. The number of nitrogens with zero attached hydrogens (tertiary/aromatic N) is 1. The molecule has 3 N–H and O–H groups in total. The number of aliphatic hydroxyl groups excluding tert-OH is 1. The summed E-state index contributed by atoms with van der Waals surface area (Å²) in [6.07, 6.45) is 3.06. The summed E-state index contributed by atoms with van der Waals surface area (Å²) in [4.78, 5) is 15.6. The number of aliphatic hydroxyl groups is 1. The lowest BCUT2D eigenvalue weighted by Crippen LogP contribution is -2.31. The zero-order chi connectivity index (χ0) is 13.7. The number of oxazole rings is 1. The molecule has 2 amide bonds. The van der Waals surface area contributed by atoms with E-state index in [0.29, 0.717) is 11.6 Å². The summed E-state index contributed by atoms with van der Waals surface area (Å²) in [6.45, 7) is 2.01. The van der Waals surface area contributed by atoms with E-state index in [4.69, 9.17) is 9.52 Å². The largest absolute Gasteiger partial charge is 0.445 e. The molecule has 6 heteroatoms. The third-order valence-electron chi connectivity index (χ3n) is 2.56. The van der Waals surface area contributed by atoms with E-state index in [1.54, 1.807) is 12.3 Å². The fraction of sp³-hybridized carbons (Fsp3) is 0.231. The average molecular weight is 261 g/mol. The van der Waals surface area contributed by atoms with Crippen molar-refractivity contribution in [3.8, 4) is 11.5 Å². The predicted molar refractivity (Wildman–Crippen MR) is 70.8 cm³/mol. The van der Waals surface area contributed by atoms with Crippen molar-refractivity contribution >= 4 is 11.7 Å². The Morgan fingerprint density at radius 3 is 3.00 bits per heavy atom. The molecule has 1 aromatic carbocycles. The third-order valence-corrected chi connectivity index (χ3v) is 2.56. The monoisotopic (exact) mass is 261 g/mol. The van der Waals surface area contributed by atoms with Crippen LogP contribution in [0.3, 0.4) is 0 Å². The molecule has 0 saturated heterocycles. The van der Waals surface area contributed by atoms with Gasteiger partial charge >= 0.3 is 6.03 Å². The number of carbonyl (C=O) groups excluding carboxylic acids is 1. The molecule has 2 aromatic rings. The van der Waals surface area contributed by atoms with Crippen molar-refractivity contribution in [2.75, 3.05) is 18.5 Å². The SMILES string of the molecule is Cc1ccc(-c2ncco2)cc1NC(=O)NCCO. The first-order valence-corrected chi connectivity index (χ1v) is 5.87. The molecule has 2 rings (SSSR count). The Balaban J connectivity index is 2.16. The molecule has 0 radical (unpaired) electrons. The minimum Gasteiger partial charge on any atom is -0.445 e. The second-order valence-corrected chi connectivity index (χ2v) is 3.97. The molecule has 1 heterocycles. The van der Waals surface area contributed by atoms with Gasteiger partial charge in [-0.15, -0.1) is 0 Å². The van der Waals surface area contributed by atoms with Crippen LogP contribution in [0.25, 0.3) is 11.5 Å². The van der Waals surface area contributed by atoms with Gasteiger partial charge in [0.05, 0.1) is 12.8 Å². The highest BCUT2D eigenvalue weighted by atomic mass is 16.3. The quantitative estimate of drug-likeness (QED) is 0.782. The maximum atomic E-state index is 11.5. The van der Waals surface area contributed by atoms with E-state index in [9.17, 15) is 4.79 Å². The summed E-state index contributed by atoms with van der Waals surface area (Å²) in [5.41, 5.74) is 2.38. The minimum atomic E-state index is -0.360. The van der Waals surface area contributed by atoms with Gasteiger partial charge in [0.25, 0.3) is 0 Å². The fourth-order valence-corrected chi connectivity index (χ4v) is 1.59. The minimum absolute atomic E-state index is 0.0945. The van der Waals surface area contributed by atoms with E-state index in [-0.39, 0.29) is 19.2 Å². The van der Waals surface area contributed by atoms with E-state index in [2.05, 4.69) is 15.6 Å². The Morgan fingerprint density at radius 2 is 2.32 bits per heavy atom. The van der Waals surface area contributed by atoms with Crippen LogP contribution in [0.1, 0.15) is 5.56 Å². The molecule has 0 fully saturated rings. The van der Waals surface area contributed by atoms with Gasteiger partial charge in [0.1, 0.15) is 6.26 Å². The smallest absolute Gasteiger partial charge is 0.319 e. The normalized spacial score (nSPS) is 10.2. The summed E-state index contributed by atoms with van der Waals surface area (Å²) < 4.78 is 5.21. The molecule has 0 aliphatic rings. The summed E-state index contributed by atoms with van der Waals surface area (Å²) in [5, 5.41) is 13.9. The predicted octanol–water partition coefficient (Wildman–Crippen LogP) is 1.76. The van der Waals surface area contributed by atoms with Gasteiger partial charge in [-0.25, -0.2) is 9.78 Å². The highest BCUT2D eigenvalue weighted by Gasteiger charge is 2.08. The summed E-state index contributed by atoms with van der Waals surface area (Å²) in [7, 11) is 0. The molecular weight excluding hydrogens is 246 g/mol. The van der Waals surface area contributed by atoms with E-state index < -0.39 is 0 Å². The van der Waals surface area contributed by atoms with Crippen LogP contribution in [0.15, 0.2) is 35.1 Å². The van der Waals surface area contributed by atoms with Gasteiger partial charge in [-0.1, -0.05) is 6.07 Å². The van der Waals surface area contributed by atoms with Gasteiger partial charge < -0.3 is 20.2 Å². The number of rotatable bonds is 4. The van der Waals surface area contributed by atoms with Crippen LogP contribution in [0.5, 0.6) is 0 Å². The summed E-state index contributed by atoms with van der Waals surface area (Å²) in [5.74, 6) is 0.499. The van der Waals surface area contributed by atoms with Crippen LogP contribution in [0, 0.1) is 6.92 Å². The number of benzene rings is 1. The highest BCUT2D eigenvalue weighted by molar-refractivity contribution is 5.90. The second-order valence-electron chi connectivity index (χ2n) is 3.97. The highest BCUT2D eigenvalue weighted by Crippen LogP contribution is 2.24. The number of carbonyl (C=O) groups is 1. The average Bonchev–Trinajstić information content (AvgIpc) is 2.93. The second kappa shape index (κ2) is 6.01. The molecule has 19 heavy (non-hydrogen) atoms. The maximum Gasteiger partial charge on any atom is 0.319 e. The molecule has 6 nitrogen and oxygen atoms in total. The van der Waals surface area contributed by atoms with Gasteiger partial charge in [-0.3, -0.25) is 0 Å². The number of anilines is 1. The van der Waals surface area contributed by atoms with Crippen molar-refractivity contribution in [1.82, 2.24) is 10.3 Å². The third kappa shape index (κ3) is 3.32. The Morgan fingerprint density at radius 1 is 1.47 bits per heavy atom. The Bertz CT molecular complexity index is 552. The van der Waals surface area contributed by atoms with E-state index in [1.807, 2.05) is 19.1 Å². The van der Waals surface area contributed by atoms with Crippen molar-refractivity contribution in [1.29, 1.82) is 0 Å². The first-order valence-electron chi connectivity index (χ1n) is 5.87. The van der Waals surface area contributed by atoms with E-state index in [1.165, 1.54) is 6.26 Å². The fourth-order valence-electron chi connectivity index (χ4n) is 1.59. The van der Waals surface area contributed by atoms with Crippen LogP contribution in [-0.4, -0.2) is 29.3 Å². The molecular formula is C13H15N3O3. The van der Waals surface area contributed by atoms with Gasteiger partial charge in [0, 0.05) is 17.8 Å². The first kappa shape index (κ1) is 13.1. The van der Waals surface area contributed by atoms with Gasteiger partial charge in [-0.2, -0.15) is 0 Å². The molecule has 0 atom stereocenters. The van der Waals surface area contributed by atoms with Gasteiger partial charge in [0.15, 0.2) is 0 Å². The number of hydrogen-bond donors (Lipinski definition) is 3. The maximum absolute atomic E-state index is 11.5. The summed E-state index contributed by atoms with van der Waals surface area (Å²) >= 11 is 0. The topological polar surface area (TPSA) is 87.4 Å². The molecule has 100 valence electrons. The molecule has 0 saturated carbocycles. The van der Waals surface area contributed by atoms with Crippen LogP contribution in [0.2, 0.25) is 0 Å². The number of nitrogens with one attached hydrogen (secondary N) is 2. The van der Waals surface area contributed by atoms with Crippen molar-refractivity contribution in [3.63, 3.8) is 0 Å². The first-order chi connectivity index (χ1) is 9.20. The van der Waals surface area contributed by atoms with Crippen molar-refractivity contribution in [3.05, 3.63) is 36.2 Å². The van der Waals surface area contributed by atoms with Crippen LogP contribution in [-0.2, 0) is 0 Å². The number of hydrogen-bond acceptors (Lipinski definition) is 4. The Labute approximate surface area is 110 Å². The van der Waals surface area contributed by atoms with E-state index in [0.717, 1.165) is 11.1 Å². The Kier molecular flexibility index (Phi) is 4.15. The van der Waals surface area contributed by atoms with Crippen LogP contribution < -0.4 is 10.6 Å². The van der Waals surface area contributed by atoms with Crippen molar-refractivity contribution in [2.24, 2.45) is 0 Å². The van der Waals surface area contributed by atoms with Crippen molar-refractivity contribution < 1.29 is 14.3 Å². The standard InChI is InChI=1S/C13H15N3O3/c1-9-2-3-10(12-14-5-7-19-12)8-11(9)16-13(18)15-4-6-17/h2-3,5,7-8,17H,4,6H2,1H3,(H2,15,16,18). The number of urea groups is 1. The molecule has 0 unspecified atom stereocenters. The number of aromatic nitrogens is 1. The Hall–Kier alpha value is -2.34. The lowest BCUT2D eigenvalue weighted by molar-refractivity contribution is 0.245. The molecule has 1 aromatic heterocycles. The summed E-state index contributed by atoms with van der Waals surface area (Å²) in [6, 6.07) is 5.18. The van der Waals surface area contributed by atoms with Crippen LogP contribution >= 0.6 is 0 Å². The van der Waals surface area contributed by atoms with Crippen molar-refractivity contribution in [2.45, 2.75) is 6.92 Å².